The number of alkyl halides is 5. The van der Waals surface area contributed by atoms with Crippen molar-refractivity contribution < 1.29 is 31.1 Å². The highest BCUT2D eigenvalue weighted by molar-refractivity contribution is 5.64. The Morgan fingerprint density at radius 3 is 1.93 bits per heavy atom. The third kappa shape index (κ3) is 4.45. The summed E-state index contributed by atoms with van der Waals surface area (Å²) in [5.41, 5.74) is 2.20. The van der Waals surface area contributed by atoms with Crippen LogP contribution in [-0.2, 0) is 0 Å². The Balaban J connectivity index is 1.75. The molecule has 0 radical (unpaired) electrons. The van der Waals surface area contributed by atoms with Gasteiger partial charge < -0.3 is 4.74 Å². The summed E-state index contributed by atoms with van der Waals surface area (Å²) in [6.07, 6.45) is -6.79. The molecule has 1 saturated carbocycles. The van der Waals surface area contributed by atoms with Crippen LogP contribution < -0.4 is 4.74 Å². The molecule has 1 fully saturated rings. The van der Waals surface area contributed by atoms with E-state index in [0.717, 1.165) is 30.9 Å². The van der Waals surface area contributed by atoms with E-state index in [-0.39, 0.29) is 0 Å². The van der Waals surface area contributed by atoms with Crippen LogP contribution in [-0.4, -0.2) is 12.3 Å². The zero-order chi connectivity index (χ0) is 20.5. The van der Waals surface area contributed by atoms with Crippen molar-refractivity contribution in [2.75, 3.05) is 0 Å². The normalized spacial score (nSPS) is 20.8. The molecule has 0 aliphatic heterocycles. The Labute approximate surface area is 159 Å². The zero-order valence-electron chi connectivity index (χ0n) is 15.2. The number of halogens is 6. The molecule has 28 heavy (non-hydrogen) atoms. The fraction of sp³-hybridized carbons (Fsp3) is 0.429. The minimum Gasteiger partial charge on any atom is -0.423 e. The van der Waals surface area contributed by atoms with Crippen molar-refractivity contribution in [3.05, 3.63) is 53.8 Å². The molecule has 0 heterocycles. The van der Waals surface area contributed by atoms with Crippen LogP contribution in [0, 0.1) is 11.7 Å². The van der Waals surface area contributed by atoms with E-state index >= 15 is 0 Å². The molecule has 0 spiro atoms. The van der Waals surface area contributed by atoms with Gasteiger partial charge in [-0.05, 0) is 53.5 Å². The van der Waals surface area contributed by atoms with Gasteiger partial charge in [-0.3, -0.25) is 0 Å². The first-order valence-electron chi connectivity index (χ1n) is 9.10. The standard InChI is InChI=1S/C21H20F6O/c1-13-2-4-14(5-3-13)15-6-8-16(9-7-15)17-10-11-19(18(22)12-17)28-21(26,27)20(23,24)25/h6-14H,2-5H2,1H3. The lowest BCUT2D eigenvalue weighted by atomic mass is 9.79. The molecular formula is C21H20F6O. The molecule has 1 aliphatic carbocycles. The summed E-state index contributed by atoms with van der Waals surface area (Å²) in [6, 6.07) is 10.4. The summed E-state index contributed by atoms with van der Waals surface area (Å²) < 4.78 is 80.1. The molecular weight excluding hydrogens is 382 g/mol. The van der Waals surface area contributed by atoms with Crippen LogP contribution in [0.2, 0.25) is 0 Å². The first kappa shape index (κ1) is 20.6. The highest BCUT2D eigenvalue weighted by Gasteiger charge is 2.61. The number of hydrogen-bond acceptors (Lipinski definition) is 1. The first-order valence-corrected chi connectivity index (χ1v) is 9.10. The smallest absolute Gasteiger partial charge is 0.423 e. The predicted octanol–water partition coefficient (Wildman–Crippen LogP) is 7.32. The third-order valence-corrected chi connectivity index (χ3v) is 5.23. The van der Waals surface area contributed by atoms with Gasteiger partial charge in [-0.1, -0.05) is 50.1 Å². The number of hydrogen-bond donors (Lipinski definition) is 0. The maximum Gasteiger partial charge on any atom is 0.499 e. The van der Waals surface area contributed by atoms with Gasteiger partial charge in [0.2, 0.25) is 0 Å². The van der Waals surface area contributed by atoms with Crippen LogP contribution >= 0.6 is 0 Å². The van der Waals surface area contributed by atoms with E-state index in [1.807, 2.05) is 12.1 Å². The lowest BCUT2D eigenvalue weighted by Gasteiger charge is -2.26. The highest BCUT2D eigenvalue weighted by Crippen LogP contribution is 2.39. The van der Waals surface area contributed by atoms with Crippen molar-refractivity contribution >= 4 is 0 Å². The van der Waals surface area contributed by atoms with E-state index in [9.17, 15) is 26.3 Å². The van der Waals surface area contributed by atoms with Crippen molar-refractivity contribution in [3.63, 3.8) is 0 Å². The molecule has 2 aromatic carbocycles. The molecule has 0 unspecified atom stereocenters. The van der Waals surface area contributed by atoms with Crippen molar-refractivity contribution in [3.8, 4) is 16.9 Å². The van der Waals surface area contributed by atoms with Gasteiger partial charge in [0.1, 0.15) is 0 Å². The van der Waals surface area contributed by atoms with Crippen molar-refractivity contribution in [1.29, 1.82) is 0 Å². The molecule has 0 N–H and O–H groups in total. The van der Waals surface area contributed by atoms with Crippen LogP contribution in [0.3, 0.4) is 0 Å². The second-order valence-corrected chi connectivity index (χ2v) is 7.34. The average molecular weight is 402 g/mol. The largest absolute Gasteiger partial charge is 0.499 e. The fourth-order valence-electron chi connectivity index (χ4n) is 3.50. The summed E-state index contributed by atoms with van der Waals surface area (Å²) in [5.74, 6) is -1.21. The van der Waals surface area contributed by atoms with E-state index in [0.29, 0.717) is 17.0 Å². The van der Waals surface area contributed by atoms with Crippen LogP contribution in [0.5, 0.6) is 5.75 Å². The second kappa shape index (κ2) is 7.68. The maximum absolute atomic E-state index is 14.0. The summed E-state index contributed by atoms with van der Waals surface area (Å²) in [5, 5.41) is 0. The molecule has 2 aromatic rings. The van der Waals surface area contributed by atoms with E-state index in [1.54, 1.807) is 12.1 Å². The van der Waals surface area contributed by atoms with Gasteiger partial charge in [0, 0.05) is 0 Å². The Bertz CT molecular complexity index is 805. The molecule has 0 aromatic heterocycles. The lowest BCUT2D eigenvalue weighted by Crippen LogP contribution is -2.42. The Hall–Kier alpha value is -2.18. The number of ether oxygens (including phenoxy) is 1. The van der Waals surface area contributed by atoms with E-state index in [4.69, 9.17) is 0 Å². The Kier molecular flexibility index (Phi) is 5.64. The van der Waals surface area contributed by atoms with Gasteiger partial charge >= 0.3 is 12.3 Å². The van der Waals surface area contributed by atoms with Gasteiger partial charge in [-0.25, -0.2) is 4.39 Å². The van der Waals surface area contributed by atoms with Crippen LogP contribution in [0.15, 0.2) is 42.5 Å². The van der Waals surface area contributed by atoms with Crippen LogP contribution in [0.25, 0.3) is 11.1 Å². The summed E-state index contributed by atoms with van der Waals surface area (Å²) in [4.78, 5) is 0. The first-order chi connectivity index (χ1) is 13.1. The van der Waals surface area contributed by atoms with Crippen molar-refractivity contribution in [2.24, 2.45) is 5.92 Å². The molecule has 0 atom stereocenters. The Morgan fingerprint density at radius 1 is 0.821 bits per heavy atom. The highest BCUT2D eigenvalue weighted by atomic mass is 19.4. The van der Waals surface area contributed by atoms with E-state index < -0.39 is 23.9 Å². The van der Waals surface area contributed by atoms with Gasteiger partial charge in [0.15, 0.2) is 11.6 Å². The quantitative estimate of drug-likeness (QED) is 0.487. The fourth-order valence-corrected chi connectivity index (χ4v) is 3.50. The summed E-state index contributed by atoms with van der Waals surface area (Å²) >= 11 is 0. The maximum atomic E-state index is 14.0. The minimum atomic E-state index is -5.93. The minimum absolute atomic E-state index is 0.365. The molecule has 1 aliphatic rings. The number of benzene rings is 2. The summed E-state index contributed by atoms with van der Waals surface area (Å²) in [7, 11) is 0. The zero-order valence-corrected chi connectivity index (χ0v) is 15.2. The van der Waals surface area contributed by atoms with Crippen molar-refractivity contribution in [1.82, 2.24) is 0 Å². The SMILES string of the molecule is CC1CCC(c2ccc(-c3ccc(OC(F)(F)C(F)(F)F)c(F)c3)cc2)CC1. The van der Waals surface area contributed by atoms with Crippen molar-refractivity contribution in [2.45, 2.75) is 50.8 Å². The predicted molar refractivity (Wildman–Crippen MR) is 93.8 cm³/mol. The topological polar surface area (TPSA) is 9.23 Å². The molecule has 0 saturated heterocycles. The second-order valence-electron chi connectivity index (χ2n) is 7.34. The van der Waals surface area contributed by atoms with Gasteiger partial charge in [-0.2, -0.15) is 22.0 Å². The van der Waals surface area contributed by atoms with E-state index in [2.05, 4.69) is 11.7 Å². The van der Waals surface area contributed by atoms with Gasteiger partial charge in [0.25, 0.3) is 0 Å². The lowest BCUT2D eigenvalue weighted by molar-refractivity contribution is -0.361. The summed E-state index contributed by atoms with van der Waals surface area (Å²) in [6.45, 7) is 2.24. The number of rotatable bonds is 4. The van der Waals surface area contributed by atoms with Crippen LogP contribution in [0.4, 0.5) is 26.3 Å². The Morgan fingerprint density at radius 2 is 1.39 bits per heavy atom. The van der Waals surface area contributed by atoms with Gasteiger partial charge in [-0.15, -0.1) is 0 Å². The molecule has 1 nitrogen and oxygen atoms in total. The monoisotopic (exact) mass is 402 g/mol. The third-order valence-electron chi connectivity index (χ3n) is 5.23. The molecule has 7 heteroatoms. The molecule has 3 rings (SSSR count). The van der Waals surface area contributed by atoms with Crippen LogP contribution in [0.1, 0.15) is 44.1 Å². The molecule has 0 amide bonds. The van der Waals surface area contributed by atoms with Gasteiger partial charge in [0.05, 0.1) is 0 Å². The molecule has 152 valence electrons. The molecule has 0 bridgehead atoms. The van der Waals surface area contributed by atoms with E-state index in [1.165, 1.54) is 24.5 Å². The average Bonchev–Trinajstić information content (AvgIpc) is 2.63.